The van der Waals surface area contributed by atoms with Crippen LogP contribution >= 0.6 is 0 Å². The van der Waals surface area contributed by atoms with E-state index in [4.69, 9.17) is 5.73 Å². The monoisotopic (exact) mass is 191 g/mol. The van der Waals surface area contributed by atoms with Crippen LogP contribution in [0.15, 0.2) is 12.4 Å². The fraction of sp³-hybridized carbons (Fsp3) is 0.636. The van der Waals surface area contributed by atoms with Gasteiger partial charge in [0.1, 0.15) is 6.33 Å². The molecule has 0 aromatic carbocycles. The number of nitrogens with zero attached hydrogens (tertiary/aromatic N) is 2. The van der Waals surface area contributed by atoms with Gasteiger partial charge in [-0.2, -0.15) is 0 Å². The average Bonchev–Trinajstić information content (AvgIpc) is 2.71. The maximum atomic E-state index is 5.50. The molecule has 14 heavy (non-hydrogen) atoms. The first-order valence-electron chi connectivity index (χ1n) is 5.41. The first-order chi connectivity index (χ1) is 6.90. The van der Waals surface area contributed by atoms with Gasteiger partial charge in [0, 0.05) is 23.7 Å². The Bertz CT molecular complexity index is 292. The topological polar surface area (TPSA) is 51.8 Å². The third kappa shape index (κ3) is 2.10. The fourth-order valence-corrected chi connectivity index (χ4v) is 2.14. The maximum Gasteiger partial charge on any atom is 0.115 e. The highest BCUT2D eigenvalue weighted by molar-refractivity contribution is 5.14. The van der Waals surface area contributed by atoms with Gasteiger partial charge in [-0.25, -0.2) is 9.97 Å². The van der Waals surface area contributed by atoms with E-state index in [0.717, 1.165) is 12.1 Å². The van der Waals surface area contributed by atoms with Crippen LogP contribution in [0.1, 0.15) is 43.0 Å². The second-order valence-corrected chi connectivity index (χ2v) is 3.95. The predicted octanol–water partition coefficient (Wildman–Crippen LogP) is 1.64. The second kappa shape index (κ2) is 4.51. The van der Waals surface area contributed by atoms with E-state index in [1.54, 1.807) is 6.33 Å². The molecule has 2 N–H and O–H groups in total. The minimum Gasteiger partial charge on any atom is -0.330 e. The van der Waals surface area contributed by atoms with Crippen LogP contribution in [0.4, 0.5) is 0 Å². The van der Waals surface area contributed by atoms with Gasteiger partial charge in [0.25, 0.3) is 0 Å². The summed E-state index contributed by atoms with van der Waals surface area (Å²) in [5.41, 5.74) is 7.81. The van der Waals surface area contributed by atoms with Crippen molar-refractivity contribution in [1.29, 1.82) is 0 Å². The molecule has 0 radical (unpaired) electrons. The third-order valence-electron chi connectivity index (χ3n) is 2.92. The molecule has 0 amide bonds. The molecule has 1 heterocycles. The van der Waals surface area contributed by atoms with Crippen LogP contribution in [0.2, 0.25) is 0 Å². The Balaban J connectivity index is 2.12. The molecule has 1 fully saturated rings. The van der Waals surface area contributed by atoms with Gasteiger partial charge in [0.2, 0.25) is 0 Å². The summed E-state index contributed by atoms with van der Waals surface area (Å²) in [4.78, 5) is 8.56. The summed E-state index contributed by atoms with van der Waals surface area (Å²) in [5, 5.41) is 0. The number of rotatable bonds is 3. The molecule has 0 spiro atoms. The summed E-state index contributed by atoms with van der Waals surface area (Å²) in [6.07, 6.45) is 7.82. The number of hydrogen-bond donors (Lipinski definition) is 1. The Hall–Kier alpha value is -0.960. The van der Waals surface area contributed by atoms with Crippen molar-refractivity contribution in [2.75, 3.05) is 6.54 Å². The third-order valence-corrected chi connectivity index (χ3v) is 2.92. The Labute approximate surface area is 84.8 Å². The van der Waals surface area contributed by atoms with Crippen molar-refractivity contribution in [1.82, 2.24) is 9.97 Å². The molecule has 3 nitrogen and oxygen atoms in total. The first-order valence-corrected chi connectivity index (χ1v) is 5.41. The van der Waals surface area contributed by atoms with Crippen LogP contribution in [-0.4, -0.2) is 16.5 Å². The van der Waals surface area contributed by atoms with Crippen LogP contribution in [-0.2, 0) is 6.42 Å². The second-order valence-electron chi connectivity index (χ2n) is 3.95. The van der Waals surface area contributed by atoms with E-state index in [0.29, 0.717) is 12.5 Å². The molecule has 0 atom stereocenters. The van der Waals surface area contributed by atoms with Crippen molar-refractivity contribution < 1.29 is 0 Å². The molecule has 1 aromatic heterocycles. The van der Waals surface area contributed by atoms with Crippen LogP contribution in [0.25, 0.3) is 0 Å². The van der Waals surface area contributed by atoms with Crippen molar-refractivity contribution in [3.05, 3.63) is 23.8 Å². The van der Waals surface area contributed by atoms with Crippen molar-refractivity contribution in [2.24, 2.45) is 5.73 Å². The highest BCUT2D eigenvalue weighted by Crippen LogP contribution is 2.32. The SMILES string of the molecule is NCCc1cc(C2CCCC2)ncn1. The molecule has 0 saturated heterocycles. The number of nitrogens with two attached hydrogens (primary N) is 1. The van der Waals surface area contributed by atoms with Gasteiger partial charge in [0.15, 0.2) is 0 Å². The van der Waals surface area contributed by atoms with E-state index in [1.165, 1.54) is 31.4 Å². The van der Waals surface area contributed by atoms with E-state index in [-0.39, 0.29) is 0 Å². The first kappa shape index (κ1) is 9.59. The Morgan fingerprint density at radius 2 is 2.07 bits per heavy atom. The molecule has 1 aromatic rings. The zero-order valence-corrected chi connectivity index (χ0v) is 8.45. The highest BCUT2D eigenvalue weighted by Gasteiger charge is 2.18. The minimum absolute atomic E-state index is 0.668. The van der Waals surface area contributed by atoms with Gasteiger partial charge < -0.3 is 5.73 Å². The summed E-state index contributed by atoms with van der Waals surface area (Å²) >= 11 is 0. The van der Waals surface area contributed by atoms with Crippen molar-refractivity contribution in [3.63, 3.8) is 0 Å². The Morgan fingerprint density at radius 1 is 1.29 bits per heavy atom. The molecule has 2 rings (SSSR count). The van der Waals surface area contributed by atoms with Crippen LogP contribution in [0.3, 0.4) is 0 Å². The maximum absolute atomic E-state index is 5.50. The fourth-order valence-electron chi connectivity index (χ4n) is 2.14. The highest BCUT2D eigenvalue weighted by atomic mass is 14.8. The van der Waals surface area contributed by atoms with E-state index < -0.39 is 0 Å². The van der Waals surface area contributed by atoms with Crippen LogP contribution in [0.5, 0.6) is 0 Å². The summed E-state index contributed by atoms with van der Waals surface area (Å²) < 4.78 is 0. The van der Waals surface area contributed by atoms with Crippen molar-refractivity contribution in [3.8, 4) is 0 Å². The van der Waals surface area contributed by atoms with Gasteiger partial charge >= 0.3 is 0 Å². The molecule has 1 aliphatic rings. The van der Waals surface area contributed by atoms with Gasteiger partial charge in [-0.15, -0.1) is 0 Å². The normalized spacial score (nSPS) is 17.5. The van der Waals surface area contributed by atoms with Gasteiger partial charge in [-0.3, -0.25) is 0 Å². The molecule has 0 bridgehead atoms. The van der Waals surface area contributed by atoms with E-state index in [2.05, 4.69) is 16.0 Å². The molecule has 1 saturated carbocycles. The minimum atomic E-state index is 0.668. The molecule has 0 unspecified atom stereocenters. The lowest BCUT2D eigenvalue weighted by Crippen LogP contribution is -2.06. The summed E-state index contributed by atoms with van der Waals surface area (Å²) in [6, 6.07) is 2.13. The molecule has 1 aliphatic carbocycles. The van der Waals surface area contributed by atoms with E-state index >= 15 is 0 Å². The van der Waals surface area contributed by atoms with Gasteiger partial charge in [-0.05, 0) is 25.5 Å². The molecule has 0 aliphatic heterocycles. The van der Waals surface area contributed by atoms with E-state index in [9.17, 15) is 0 Å². The van der Waals surface area contributed by atoms with Crippen molar-refractivity contribution in [2.45, 2.75) is 38.0 Å². The summed E-state index contributed by atoms with van der Waals surface area (Å²) in [6.45, 7) is 0.668. The van der Waals surface area contributed by atoms with Crippen LogP contribution in [0, 0.1) is 0 Å². The Morgan fingerprint density at radius 3 is 2.79 bits per heavy atom. The largest absolute Gasteiger partial charge is 0.330 e. The smallest absolute Gasteiger partial charge is 0.115 e. The number of aromatic nitrogens is 2. The molecular formula is C11H17N3. The van der Waals surface area contributed by atoms with Gasteiger partial charge in [-0.1, -0.05) is 12.8 Å². The molecule has 76 valence electrons. The molecular weight excluding hydrogens is 174 g/mol. The summed E-state index contributed by atoms with van der Waals surface area (Å²) in [7, 11) is 0. The summed E-state index contributed by atoms with van der Waals surface area (Å²) in [5.74, 6) is 0.675. The van der Waals surface area contributed by atoms with Crippen LogP contribution < -0.4 is 5.73 Å². The predicted molar refractivity (Wildman–Crippen MR) is 56.0 cm³/mol. The number of hydrogen-bond acceptors (Lipinski definition) is 3. The zero-order valence-electron chi connectivity index (χ0n) is 8.45. The quantitative estimate of drug-likeness (QED) is 0.790. The average molecular weight is 191 g/mol. The van der Waals surface area contributed by atoms with E-state index in [1.807, 2.05) is 0 Å². The molecule has 3 heteroatoms. The lowest BCUT2D eigenvalue weighted by atomic mass is 10.0. The lowest BCUT2D eigenvalue weighted by Gasteiger charge is -2.08. The van der Waals surface area contributed by atoms with Crippen molar-refractivity contribution >= 4 is 0 Å². The lowest BCUT2D eigenvalue weighted by molar-refractivity contribution is 0.689. The Kier molecular flexibility index (Phi) is 3.09. The van der Waals surface area contributed by atoms with Gasteiger partial charge in [0.05, 0.1) is 0 Å². The zero-order chi connectivity index (χ0) is 9.80. The standard InChI is InChI=1S/C11H17N3/c12-6-5-10-7-11(14-8-13-10)9-3-1-2-4-9/h7-9H,1-6,12H2.